The zero-order valence-corrected chi connectivity index (χ0v) is 39.2. The minimum absolute atomic E-state index is 0.0408. The minimum Gasteiger partial charge on any atom is -0.462 e. The van der Waals surface area contributed by atoms with Gasteiger partial charge in [-0.1, -0.05) is 214 Å². The minimum atomic E-state index is -0.586. The lowest BCUT2D eigenvalue weighted by Gasteiger charge is -2.18. The van der Waals surface area contributed by atoms with Crippen molar-refractivity contribution in [1.29, 1.82) is 0 Å². The van der Waals surface area contributed by atoms with E-state index in [-0.39, 0.29) is 25.2 Å². The van der Waals surface area contributed by atoms with Crippen LogP contribution in [-0.2, 0) is 23.8 Å². The van der Waals surface area contributed by atoms with Crippen molar-refractivity contribution in [2.24, 2.45) is 0 Å². The number of carbonyl (C=O) groups excluding carboxylic acids is 2. The summed E-state index contributed by atoms with van der Waals surface area (Å²) in [5, 5.41) is 0. The molecule has 0 heterocycles. The lowest BCUT2D eigenvalue weighted by Crippen LogP contribution is -2.30. The monoisotopic (exact) mass is 833 g/mol. The van der Waals surface area contributed by atoms with Crippen LogP contribution in [0.25, 0.3) is 0 Å². The van der Waals surface area contributed by atoms with Crippen molar-refractivity contribution in [3.8, 4) is 0 Å². The van der Waals surface area contributed by atoms with E-state index < -0.39 is 6.10 Å². The van der Waals surface area contributed by atoms with E-state index in [4.69, 9.17) is 14.2 Å². The molecule has 0 aromatic rings. The van der Waals surface area contributed by atoms with Crippen LogP contribution in [0.2, 0.25) is 0 Å². The SMILES string of the molecule is CC/C=C\C/C=C\C/C=C\C/C=C\CCCCCCC(=O)OCC(COCCCCCCCCCCCCCCCC)OC(=O)CC/C=C\C/C=C\C/C=C\C/C=C\CC. The Morgan fingerprint density at radius 2 is 0.783 bits per heavy atom. The molecular weight excluding hydrogens is 741 g/mol. The van der Waals surface area contributed by atoms with Crippen molar-refractivity contribution in [2.45, 2.75) is 219 Å². The molecule has 0 saturated heterocycles. The van der Waals surface area contributed by atoms with Gasteiger partial charge in [-0.15, -0.1) is 0 Å². The highest BCUT2D eigenvalue weighted by molar-refractivity contribution is 5.70. The molecule has 1 atom stereocenters. The number of carbonyl (C=O) groups is 2. The lowest BCUT2D eigenvalue weighted by molar-refractivity contribution is -0.162. The number of unbranched alkanes of at least 4 members (excludes halogenated alkanes) is 17. The van der Waals surface area contributed by atoms with Crippen LogP contribution in [0.4, 0.5) is 0 Å². The molecule has 0 aliphatic heterocycles. The smallest absolute Gasteiger partial charge is 0.306 e. The van der Waals surface area contributed by atoms with Gasteiger partial charge in [-0.3, -0.25) is 9.59 Å². The standard InChI is InChI=1S/C55H92O5/c1-4-7-10-13-16-19-22-25-27-28-29-31-33-36-39-42-45-48-54(56)59-52-53(51-58-50-47-44-41-38-35-32-26-23-20-17-14-11-8-5-2)60-55(57)49-46-43-40-37-34-30-24-21-18-15-12-9-6-3/h7,9-10,12,16,18-19,21,25,27,29-31,34,40,43,53H,4-6,8,11,13-15,17,20,22-24,26,28,32-33,35-39,41-42,44-52H2,1-3H3/b10-7-,12-9-,19-16-,21-18-,27-25-,31-29-,34-30-,43-40-. The van der Waals surface area contributed by atoms with E-state index in [0.29, 0.717) is 25.9 Å². The molecule has 5 nitrogen and oxygen atoms in total. The Hall–Kier alpha value is -3.18. The Balaban J connectivity index is 4.39. The van der Waals surface area contributed by atoms with E-state index in [9.17, 15) is 9.59 Å². The van der Waals surface area contributed by atoms with Crippen molar-refractivity contribution >= 4 is 11.9 Å². The van der Waals surface area contributed by atoms with Gasteiger partial charge in [-0.05, 0) is 83.5 Å². The van der Waals surface area contributed by atoms with Gasteiger partial charge in [-0.2, -0.15) is 0 Å². The highest BCUT2D eigenvalue weighted by atomic mass is 16.6. The summed E-state index contributed by atoms with van der Waals surface area (Å²) < 4.78 is 17.3. The second kappa shape index (κ2) is 50.2. The topological polar surface area (TPSA) is 61.8 Å². The maximum absolute atomic E-state index is 12.7. The van der Waals surface area contributed by atoms with Gasteiger partial charge >= 0.3 is 11.9 Å². The molecule has 0 amide bonds. The van der Waals surface area contributed by atoms with E-state index >= 15 is 0 Å². The zero-order chi connectivity index (χ0) is 43.5. The van der Waals surface area contributed by atoms with Crippen molar-refractivity contribution in [1.82, 2.24) is 0 Å². The van der Waals surface area contributed by atoms with Crippen LogP contribution in [0, 0.1) is 0 Å². The first-order chi connectivity index (χ1) is 29.6. The van der Waals surface area contributed by atoms with Gasteiger partial charge in [0.1, 0.15) is 6.61 Å². The summed E-state index contributed by atoms with van der Waals surface area (Å²) in [6.07, 6.45) is 67.1. The van der Waals surface area contributed by atoms with Gasteiger partial charge < -0.3 is 14.2 Å². The van der Waals surface area contributed by atoms with Crippen LogP contribution in [0.15, 0.2) is 97.2 Å². The molecule has 0 aliphatic rings. The zero-order valence-electron chi connectivity index (χ0n) is 39.2. The molecule has 0 N–H and O–H groups in total. The van der Waals surface area contributed by atoms with Gasteiger partial charge in [0.25, 0.3) is 0 Å². The predicted molar refractivity (Wildman–Crippen MR) is 260 cm³/mol. The van der Waals surface area contributed by atoms with E-state index in [1.165, 1.54) is 77.0 Å². The second-order valence-corrected chi connectivity index (χ2v) is 16.0. The molecule has 0 rings (SSSR count). The van der Waals surface area contributed by atoms with Crippen LogP contribution >= 0.6 is 0 Å². The van der Waals surface area contributed by atoms with Crippen molar-refractivity contribution < 1.29 is 23.8 Å². The molecule has 0 radical (unpaired) electrons. The average molecular weight is 833 g/mol. The molecule has 0 spiro atoms. The third-order valence-corrected chi connectivity index (χ3v) is 10.1. The van der Waals surface area contributed by atoms with Gasteiger partial charge in [-0.25, -0.2) is 0 Å². The van der Waals surface area contributed by atoms with E-state index in [0.717, 1.165) is 96.3 Å². The van der Waals surface area contributed by atoms with Crippen molar-refractivity contribution in [3.63, 3.8) is 0 Å². The van der Waals surface area contributed by atoms with Crippen molar-refractivity contribution in [2.75, 3.05) is 19.8 Å². The number of rotatable bonds is 44. The normalized spacial score (nSPS) is 13.1. The van der Waals surface area contributed by atoms with Crippen LogP contribution in [-0.4, -0.2) is 37.9 Å². The fourth-order valence-corrected chi connectivity index (χ4v) is 6.51. The largest absolute Gasteiger partial charge is 0.462 e. The highest BCUT2D eigenvalue weighted by Gasteiger charge is 2.17. The van der Waals surface area contributed by atoms with Crippen LogP contribution in [0.1, 0.15) is 213 Å². The molecule has 5 heteroatoms. The van der Waals surface area contributed by atoms with Gasteiger partial charge in [0.05, 0.1) is 6.61 Å². The Bertz CT molecular complexity index is 1170. The van der Waals surface area contributed by atoms with Crippen LogP contribution < -0.4 is 0 Å². The highest BCUT2D eigenvalue weighted by Crippen LogP contribution is 2.14. The molecule has 1 unspecified atom stereocenters. The van der Waals surface area contributed by atoms with Gasteiger partial charge in [0, 0.05) is 19.4 Å². The van der Waals surface area contributed by atoms with E-state index in [1.807, 2.05) is 6.08 Å². The number of hydrogen-bond acceptors (Lipinski definition) is 5. The average Bonchev–Trinajstić information content (AvgIpc) is 3.25. The van der Waals surface area contributed by atoms with E-state index in [2.05, 4.69) is 112 Å². The Labute approximate surface area is 371 Å². The number of hydrogen-bond donors (Lipinski definition) is 0. The maximum Gasteiger partial charge on any atom is 0.306 e. The molecule has 60 heavy (non-hydrogen) atoms. The summed E-state index contributed by atoms with van der Waals surface area (Å²) in [6.45, 7) is 7.50. The molecule has 0 aliphatic carbocycles. The number of allylic oxidation sites excluding steroid dienone is 16. The fraction of sp³-hybridized carbons (Fsp3) is 0.673. The Morgan fingerprint density at radius 3 is 1.27 bits per heavy atom. The first-order valence-corrected chi connectivity index (χ1v) is 24.8. The number of ether oxygens (including phenoxy) is 3. The third-order valence-electron chi connectivity index (χ3n) is 10.1. The molecule has 0 saturated carbocycles. The summed E-state index contributed by atoms with van der Waals surface area (Å²) in [5.74, 6) is -0.520. The Morgan fingerprint density at radius 1 is 0.383 bits per heavy atom. The summed E-state index contributed by atoms with van der Waals surface area (Å²) >= 11 is 0. The van der Waals surface area contributed by atoms with Crippen LogP contribution in [0.5, 0.6) is 0 Å². The van der Waals surface area contributed by atoms with E-state index in [1.54, 1.807) is 0 Å². The van der Waals surface area contributed by atoms with Crippen molar-refractivity contribution in [3.05, 3.63) is 97.2 Å². The Kier molecular flexibility index (Phi) is 47.5. The first kappa shape index (κ1) is 56.8. The fourth-order valence-electron chi connectivity index (χ4n) is 6.51. The molecule has 0 bridgehead atoms. The molecule has 342 valence electrons. The molecule has 0 aromatic carbocycles. The van der Waals surface area contributed by atoms with Gasteiger partial charge in [0.2, 0.25) is 0 Å². The third kappa shape index (κ3) is 47.5. The first-order valence-electron chi connectivity index (χ1n) is 24.8. The number of esters is 2. The molecular formula is C55H92O5. The summed E-state index contributed by atoms with van der Waals surface area (Å²) in [7, 11) is 0. The maximum atomic E-state index is 12.7. The van der Waals surface area contributed by atoms with Gasteiger partial charge in [0.15, 0.2) is 6.10 Å². The summed E-state index contributed by atoms with van der Waals surface area (Å²) in [4.78, 5) is 25.3. The van der Waals surface area contributed by atoms with Crippen LogP contribution in [0.3, 0.4) is 0 Å². The predicted octanol–water partition coefficient (Wildman–Crippen LogP) is 16.7. The molecule has 0 aromatic heterocycles. The quantitative estimate of drug-likeness (QED) is 0.0348. The summed E-state index contributed by atoms with van der Waals surface area (Å²) in [5.41, 5.74) is 0. The molecule has 0 fully saturated rings. The second-order valence-electron chi connectivity index (χ2n) is 16.0. The lowest BCUT2D eigenvalue weighted by atomic mass is 10.0. The summed E-state index contributed by atoms with van der Waals surface area (Å²) in [6, 6.07) is 0.